The Morgan fingerprint density at radius 2 is 1.73 bits per heavy atom. The summed E-state index contributed by atoms with van der Waals surface area (Å²) in [6.07, 6.45) is 0.902. The Morgan fingerprint density at radius 1 is 1.04 bits per heavy atom. The van der Waals surface area contributed by atoms with E-state index in [0.29, 0.717) is 6.42 Å². The van der Waals surface area contributed by atoms with Crippen molar-refractivity contribution in [2.45, 2.75) is 52.7 Å². The standard InChI is InChI=1S/C22H29NO3/c1-6-19(17-11-13-18(25-5)14-12-17)23-22(24)20(7-2)26-21-10-8-9-15(3)16(21)4/h8-14,19-20H,6-7H2,1-5H3,(H,23,24)/t19-,20-/m1/s1. The number of methoxy groups -OCH3 is 1. The topological polar surface area (TPSA) is 47.6 Å². The Hall–Kier alpha value is -2.49. The summed E-state index contributed by atoms with van der Waals surface area (Å²) in [6.45, 7) is 8.08. The van der Waals surface area contributed by atoms with E-state index in [-0.39, 0.29) is 11.9 Å². The van der Waals surface area contributed by atoms with Gasteiger partial charge in [-0.25, -0.2) is 0 Å². The van der Waals surface area contributed by atoms with Gasteiger partial charge in [-0.05, 0) is 61.6 Å². The van der Waals surface area contributed by atoms with Crippen molar-refractivity contribution in [1.82, 2.24) is 5.32 Å². The van der Waals surface area contributed by atoms with Gasteiger partial charge in [-0.2, -0.15) is 0 Å². The van der Waals surface area contributed by atoms with E-state index in [4.69, 9.17) is 9.47 Å². The Morgan fingerprint density at radius 3 is 2.31 bits per heavy atom. The summed E-state index contributed by atoms with van der Waals surface area (Å²) >= 11 is 0. The number of benzene rings is 2. The minimum Gasteiger partial charge on any atom is -0.497 e. The smallest absolute Gasteiger partial charge is 0.261 e. The average molecular weight is 355 g/mol. The number of carbonyl (C=O) groups excluding carboxylic acids is 1. The van der Waals surface area contributed by atoms with Crippen LogP contribution in [0.1, 0.15) is 49.4 Å². The van der Waals surface area contributed by atoms with E-state index in [1.54, 1.807) is 7.11 Å². The molecule has 2 rings (SSSR count). The highest BCUT2D eigenvalue weighted by atomic mass is 16.5. The average Bonchev–Trinajstić information content (AvgIpc) is 2.67. The molecule has 0 unspecified atom stereocenters. The first kappa shape index (κ1) is 19.8. The quantitative estimate of drug-likeness (QED) is 0.744. The van der Waals surface area contributed by atoms with Gasteiger partial charge in [0.1, 0.15) is 11.5 Å². The fourth-order valence-electron chi connectivity index (χ4n) is 2.85. The zero-order valence-electron chi connectivity index (χ0n) is 16.3. The molecule has 1 amide bonds. The third-order valence-electron chi connectivity index (χ3n) is 4.73. The molecule has 0 saturated carbocycles. The van der Waals surface area contributed by atoms with Crippen molar-refractivity contribution in [1.29, 1.82) is 0 Å². The molecule has 2 aromatic rings. The number of carbonyl (C=O) groups is 1. The summed E-state index contributed by atoms with van der Waals surface area (Å²) < 4.78 is 11.2. The minimum absolute atomic E-state index is 0.0512. The third kappa shape index (κ3) is 4.78. The first-order chi connectivity index (χ1) is 12.5. The van der Waals surface area contributed by atoms with Crippen molar-refractivity contribution in [3.63, 3.8) is 0 Å². The van der Waals surface area contributed by atoms with Gasteiger partial charge < -0.3 is 14.8 Å². The van der Waals surface area contributed by atoms with Gasteiger partial charge in [0.05, 0.1) is 13.2 Å². The summed E-state index contributed by atoms with van der Waals surface area (Å²) in [5.41, 5.74) is 3.28. The summed E-state index contributed by atoms with van der Waals surface area (Å²) in [7, 11) is 1.64. The molecular formula is C22H29NO3. The van der Waals surface area contributed by atoms with Crippen LogP contribution in [0.25, 0.3) is 0 Å². The number of hydrogen-bond donors (Lipinski definition) is 1. The normalized spacial score (nSPS) is 13.0. The summed E-state index contributed by atoms with van der Waals surface area (Å²) in [5, 5.41) is 3.12. The van der Waals surface area contributed by atoms with Crippen LogP contribution in [0.2, 0.25) is 0 Å². The van der Waals surface area contributed by atoms with Crippen LogP contribution >= 0.6 is 0 Å². The first-order valence-corrected chi connectivity index (χ1v) is 9.17. The van der Waals surface area contributed by atoms with Crippen molar-refractivity contribution in [3.05, 3.63) is 59.2 Å². The molecular weight excluding hydrogens is 326 g/mol. The van der Waals surface area contributed by atoms with Crippen molar-refractivity contribution in [3.8, 4) is 11.5 Å². The molecule has 2 aromatic carbocycles. The van der Waals surface area contributed by atoms with Crippen molar-refractivity contribution in [2.24, 2.45) is 0 Å². The molecule has 26 heavy (non-hydrogen) atoms. The molecule has 0 fully saturated rings. The van der Waals surface area contributed by atoms with E-state index in [1.807, 2.05) is 63.2 Å². The van der Waals surface area contributed by atoms with Gasteiger partial charge in [-0.15, -0.1) is 0 Å². The lowest BCUT2D eigenvalue weighted by Crippen LogP contribution is -2.40. The number of ether oxygens (including phenoxy) is 2. The van der Waals surface area contributed by atoms with Crippen LogP contribution in [0, 0.1) is 13.8 Å². The molecule has 0 saturated heterocycles. The van der Waals surface area contributed by atoms with Gasteiger partial charge in [0, 0.05) is 0 Å². The van der Waals surface area contributed by atoms with Gasteiger partial charge in [-0.1, -0.05) is 38.1 Å². The molecule has 4 heteroatoms. The van der Waals surface area contributed by atoms with Crippen molar-refractivity contribution in [2.75, 3.05) is 7.11 Å². The summed E-state index contributed by atoms with van der Waals surface area (Å²) in [5.74, 6) is 1.49. The fourth-order valence-corrected chi connectivity index (χ4v) is 2.85. The second kappa shape index (κ2) is 9.27. The zero-order valence-corrected chi connectivity index (χ0v) is 16.3. The van der Waals surface area contributed by atoms with E-state index in [2.05, 4.69) is 12.2 Å². The maximum Gasteiger partial charge on any atom is 0.261 e. The molecule has 0 aliphatic carbocycles. The third-order valence-corrected chi connectivity index (χ3v) is 4.73. The Bertz CT molecular complexity index is 725. The molecule has 0 radical (unpaired) electrons. The second-order valence-electron chi connectivity index (χ2n) is 6.46. The zero-order chi connectivity index (χ0) is 19.1. The minimum atomic E-state index is -0.511. The van der Waals surface area contributed by atoms with Crippen LogP contribution in [0.5, 0.6) is 11.5 Å². The predicted molar refractivity (Wildman–Crippen MR) is 105 cm³/mol. The van der Waals surface area contributed by atoms with Gasteiger partial charge in [0.25, 0.3) is 5.91 Å². The van der Waals surface area contributed by atoms with Crippen LogP contribution in [0.3, 0.4) is 0 Å². The monoisotopic (exact) mass is 355 g/mol. The van der Waals surface area contributed by atoms with Crippen LogP contribution in [-0.4, -0.2) is 19.1 Å². The molecule has 4 nitrogen and oxygen atoms in total. The maximum absolute atomic E-state index is 12.8. The Labute approximate surface area is 156 Å². The molecule has 0 aliphatic heterocycles. The van der Waals surface area contributed by atoms with E-state index < -0.39 is 6.10 Å². The lowest BCUT2D eigenvalue weighted by atomic mass is 10.0. The lowest BCUT2D eigenvalue weighted by molar-refractivity contribution is -0.129. The van der Waals surface area contributed by atoms with E-state index >= 15 is 0 Å². The van der Waals surface area contributed by atoms with E-state index in [0.717, 1.165) is 34.6 Å². The number of amides is 1. The predicted octanol–water partition coefficient (Wildman–Crippen LogP) is 4.74. The van der Waals surface area contributed by atoms with Gasteiger partial charge >= 0.3 is 0 Å². The van der Waals surface area contributed by atoms with E-state index in [1.165, 1.54) is 0 Å². The first-order valence-electron chi connectivity index (χ1n) is 9.17. The maximum atomic E-state index is 12.8. The summed E-state index contributed by atoms with van der Waals surface area (Å²) in [4.78, 5) is 12.8. The Kier molecular flexibility index (Phi) is 7.07. The van der Waals surface area contributed by atoms with Crippen LogP contribution in [-0.2, 0) is 4.79 Å². The molecule has 0 spiro atoms. The molecule has 0 aliphatic rings. The van der Waals surface area contributed by atoms with Gasteiger partial charge in [0.15, 0.2) is 6.10 Å². The lowest BCUT2D eigenvalue weighted by Gasteiger charge is -2.23. The molecule has 0 bridgehead atoms. The molecule has 0 heterocycles. The van der Waals surface area contributed by atoms with E-state index in [9.17, 15) is 4.79 Å². The number of aryl methyl sites for hydroxylation is 1. The molecule has 2 atom stereocenters. The Balaban J connectivity index is 2.09. The summed E-state index contributed by atoms with van der Waals surface area (Å²) in [6, 6.07) is 13.7. The van der Waals surface area contributed by atoms with Crippen LogP contribution < -0.4 is 14.8 Å². The second-order valence-corrected chi connectivity index (χ2v) is 6.46. The SMILES string of the molecule is CC[C@@H](Oc1cccc(C)c1C)C(=O)N[C@H](CC)c1ccc(OC)cc1. The number of hydrogen-bond acceptors (Lipinski definition) is 3. The van der Waals surface area contributed by atoms with Gasteiger partial charge in [-0.3, -0.25) is 4.79 Å². The van der Waals surface area contributed by atoms with Crippen LogP contribution in [0.4, 0.5) is 0 Å². The van der Waals surface area contributed by atoms with Crippen molar-refractivity contribution < 1.29 is 14.3 Å². The van der Waals surface area contributed by atoms with Crippen molar-refractivity contribution >= 4 is 5.91 Å². The highest BCUT2D eigenvalue weighted by molar-refractivity contribution is 5.81. The molecule has 0 aromatic heterocycles. The highest BCUT2D eigenvalue weighted by Gasteiger charge is 2.22. The molecule has 1 N–H and O–H groups in total. The largest absolute Gasteiger partial charge is 0.497 e. The van der Waals surface area contributed by atoms with Crippen LogP contribution in [0.15, 0.2) is 42.5 Å². The molecule has 140 valence electrons. The fraction of sp³-hybridized carbons (Fsp3) is 0.409. The van der Waals surface area contributed by atoms with Gasteiger partial charge in [0.2, 0.25) is 0 Å². The number of rotatable bonds is 8. The number of nitrogens with one attached hydrogen (secondary N) is 1. The highest BCUT2D eigenvalue weighted by Crippen LogP contribution is 2.24.